The van der Waals surface area contributed by atoms with E-state index in [1.807, 2.05) is 40.8 Å². The minimum Gasteiger partial charge on any atom is -0.369 e. The zero-order valence-corrected chi connectivity index (χ0v) is 19.3. The van der Waals surface area contributed by atoms with E-state index in [1.54, 1.807) is 29.3 Å². The summed E-state index contributed by atoms with van der Waals surface area (Å²) in [6.07, 6.45) is 2.77. The number of piperidine rings is 1. The molecule has 2 aromatic heterocycles. The molecule has 4 N–H and O–H groups in total. The predicted molar refractivity (Wildman–Crippen MR) is 126 cm³/mol. The number of halogens is 2. The number of carbonyl (C=O) groups excluding carboxylic acids is 2. The molecule has 1 aliphatic heterocycles. The van der Waals surface area contributed by atoms with E-state index in [2.05, 4.69) is 20.5 Å². The Balaban J connectivity index is 1.47. The summed E-state index contributed by atoms with van der Waals surface area (Å²) in [6, 6.07) is 12.1. The Morgan fingerprint density at radius 1 is 1.19 bits per heavy atom. The fourth-order valence-corrected chi connectivity index (χ4v) is 4.44. The number of likely N-dealkylation sites (tertiary alicyclic amines) is 1. The number of rotatable bonds is 6. The largest absolute Gasteiger partial charge is 0.369 e. The highest BCUT2D eigenvalue weighted by Gasteiger charge is 2.41. The Bertz CT molecular complexity index is 1130. The van der Waals surface area contributed by atoms with Gasteiger partial charge in [0.05, 0.1) is 17.2 Å². The molecule has 3 aromatic rings. The number of carbonyl (C=O) groups is 2. The molecule has 166 valence electrons. The first-order valence-electron chi connectivity index (χ1n) is 10.1. The third kappa shape index (κ3) is 4.59. The third-order valence-corrected chi connectivity index (χ3v) is 6.64. The number of nitrogens with one attached hydrogen (secondary N) is 2. The van der Waals surface area contributed by atoms with Crippen molar-refractivity contribution in [1.29, 1.82) is 0 Å². The summed E-state index contributed by atoms with van der Waals surface area (Å²) in [5, 5.41) is 9.82. The molecule has 8 nitrogen and oxygen atoms in total. The van der Waals surface area contributed by atoms with Crippen LogP contribution < -0.4 is 11.1 Å². The van der Waals surface area contributed by atoms with Gasteiger partial charge in [0.15, 0.2) is 0 Å². The molecule has 10 heteroatoms. The lowest BCUT2D eigenvalue weighted by atomic mass is 9.74. The van der Waals surface area contributed by atoms with Gasteiger partial charge in [-0.2, -0.15) is 5.10 Å². The van der Waals surface area contributed by atoms with Crippen molar-refractivity contribution in [3.63, 3.8) is 0 Å². The molecule has 32 heavy (non-hydrogen) atoms. The second-order valence-corrected chi connectivity index (χ2v) is 8.99. The van der Waals surface area contributed by atoms with Crippen LogP contribution in [0.2, 0.25) is 0 Å². The molecular formula is C22H22FIN6O2. The van der Waals surface area contributed by atoms with Gasteiger partial charge in [-0.3, -0.25) is 14.7 Å². The van der Waals surface area contributed by atoms with Gasteiger partial charge in [0.2, 0.25) is 5.91 Å². The monoisotopic (exact) mass is 548 g/mol. The molecule has 0 aliphatic carbocycles. The van der Waals surface area contributed by atoms with Gasteiger partial charge in [-0.1, -0.05) is 12.1 Å². The minimum absolute atomic E-state index is 0.0442. The number of primary amides is 1. The van der Waals surface area contributed by atoms with Crippen molar-refractivity contribution in [2.75, 3.05) is 18.4 Å². The number of anilines is 2. The van der Waals surface area contributed by atoms with Gasteiger partial charge in [0.1, 0.15) is 17.5 Å². The molecule has 1 aliphatic rings. The van der Waals surface area contributed by atoms with Gasteiger partial charge in [-0.05, 0) is 59.7 Å². The zero-order valence-electron chi connectivity index (χ0n) is 17.1. The molecule has 3 heterocycles. The maximum atomic E-state index is 14.4. The molecule has 0 unspecified atom stereocenters. The summed E-state index contributed by atoms with van der Waals surface area (Å²) < 4.78 is 14.8. The molecule has 0 saturated carbocycles. The fraction of sp³-hybridized carbons (Fsp3) is 0.273. The summed E-state index contributed by atoms with van der Waals surface area (Å²) in [6.45, 7) is 0.636. The second-order valence-electron chi connectivity index (χ2n) is 7.82. The quantitative estimate of drug-likeness (QED) is 0.409. The molecule has 1 aromatic carbocycles. The van der Waals surface area contributed by atoms with Crippen LogP contribution in [0.5, 0.6) is 0 Å². The third-order valence-electron chi connectivity index (χ3n) is 5.80. The first-order valence-corrected chi connectivity index (χ1v) is 11.2. The highest BCUT2D eigenvalue weighted by molar-refractivity contribution is 14.1. The molecular weight excluding hydrogens is 526 g/mol. The lowest BCUT2D eigenvalue weighted by Crippen LogP contribution is -2.50. The van der Waals surface area contributed by atoms with E-state index in [0.29, 0.717) is 47.6 Å². The highest BCUT2D eigenvalue weighted by Crippen LogP contribution is 2.35. The number of hydrogen-bond donors (Lipinski definition) is 3. The molecule has 0 bridgehead atoms. The van der Waals surface area contributed by atoms with Crippen LogP contribution in [-0.2, 0) is 11.2 Å². The van der Waals surface area contributed by atoms with E-state index in [0.717, 1.165) is 5.69 Å². The summed E-state index contributed by atoms with van der Waals surface area (Å²) in [7, 11) is 0. The van der Waals surface area contributed by atoms with Crippen LogP contribution in [0.15, 0.2) is 48.7 Å². The smallest absolute Gasteiger partial charge is 0.256 e. The van der Waals surface area contributed by atoms with Gasteiger partial charge < -0.3 is 16.0 Å². The van der Waals surface area contributed by atoms with Crippen LogP contribution in [0.3, 0.4) is 0 Å². The molecule has 0 atom stereocenters. The van der Waals surface area contributed by atoms with Crippen LogP contribution >= 0.6 is 22.6 Å². The van der Waals surface area contributed by atoms with Crippen molar-refractivity contribution in [3.05, 3.63) is 69.3 Å². The predicted octanol–water partition coefficient (Wildman–Crippen LogP) is 3.24. The Morgan fingerprint density at radius 3 is 2.62 bits per heavy atom. The molecule has 0 radical (unpaired) electrons. The Labute approximate surface area is 197 Å². The lowest BCUT2D eigenvalue weighted by Gasteiger charge is -2.39. The SMILES string of the molecule is NC(=O)C1(Cc2cccc(Nc3ccn[nH]3)n2)CCN(C(=O)c2cccc(I)c2F)CC1. The molecule has 2 amide bonds. The Morgan fingerprint density at radius 2 is 1.94 bits per heavy atom. The van der Waals surface area contributed by atoms with Crippen molar-refractivity contribution < 1.29 is 14.0 Å². The van der Waals surface area contributed by atoms with Crippen LogP contribution in [0.1, 0.15) is 28.9 Å². The molecule has 1 saturated heterocycles. The molecule has 4 rings (SSSR count). The van der Waals surface area contributed by atoms with E-state index in [9.17, 15) is 14.0 Å². The van der Waals surface area contributed by atoms with Gasteiger partial charge in [0, 0.05) is 34.8 Å². The molecule has 1 fully saturated rings. The van der Waals surface area contributed by atoms with E-state index < -0.39 is 17.1 Å². The number of amides is 2. The summed E-state index contributed by atoms with van der Waals surface area (Å²) in [5.74, 6) is 0.0133. The summed E-state index contributed by atoms with van der Waals surface area (Å²) in [4.78, 5) is 31.5. The average molecular weight is 548 g/mol. The first-order chi connectivity index (χ1) is 15.4. The van der Waals surface area contributed by atoms with E-state index in [4.69, 9.17) is 5.73 Å². The van der Waals surface area contributed by atoms with Gasteiger partial charge in [0.25, 0.3) is 5.91 Å². The number of benzene rings is 1. The standard InChI is InChI=1S/C22H22FIN6O2/c23-19-15(4-2-5-16(19)24)20(31)30-11-8-22(9-12-30,21(25)32)13-14-3-1-6-17(27-14)28-18-7-10-26-29-18/h1-7,10H,8-9,11-13H2,(H2,25,32)(H2,26,27,28,29). The van der Waals surface area contributed by atoms with Crippen molar-refractivity contribution in [1.82, 2.24) is 20.1 Å². The maximum Gasteiger partial charge on any atom is 0.256 e. The van der Waals surface area contributed by atoms with Gasteiger partial charge in [-0.15, -0.1) is 0 Å². The van der Waals surface area contributed by atoms with Crippen LogP contribution in [0.25, 0.3) is 0 Å². The van der Waals surface area contributed by atoms with Crippen LogP contribution in [0, 0.1) is 14.8 Å². The van der Waals surface area contributed by atoms with E-state index >= 15 is 0 Å². The number of aromatic amines is 1. The van der Waals surface area contributed by atoms with Crippen LogP contribution in [-0.4, -0.2) is 45.0 Å². The average Bonchev–Trinajstić information content (AvgIpc) is 3.29. The van der Waals surface area contributed by atoms with Crippen molar-refractivity contribution in [2.45, 2.75) is 19.3 Å². The number of nitrogens with zero attached hydrogens (tertiary/aromatic N) is 3. The number of H-pyrrole nitrogens is 1. The highest BCUT2D eigenvalue weighted by atomic mass is 127. The van der Waals surface area contributed by atoms with Gasteiger partial charge in [-0.25, -0.2) is 9.37 Å². The van der Waals surface area contributed by atoms with Crippen molar-refractivity contribution in [2.24, 2.45) is 11.1 Å². The number of aromatic nitrogens is 3. The lowest BCUT2D eigenvalue weighted by molar-refractivity contribution is -0.130. The topological polar surface area (TPSA) is 117 Å². The maximum absolute atomic E-state index is 14.4. The Hall–Kier alpha value is -3.02. The van der Waals surface area contributed by atoms with E-state index in [1.165, 1.54) is 6.07 Å². The number of pyridine rings is 1. The normalized spacial score (nSPS) is 15.4. The first kappa shape index (κ1) is 22.2. The molecule has 0 spiro atoms. The van der Waals surface area contributed by atoms with E-state index in [-0.39, 0.29) is 11.5 Å². The number of hydrogen-bond acceptors (Lipinski definition) is 5. The zero-order chi connectivity index (χ0) is 22.7. The summed E-state index contributed by atoms with van der Waals surface area (Å²) in [5.41, 5.74) is 5.76. The number of nitrogens with two attached hydrogens (primary N) is 1. The Kier molecular flexibility index (Phi) is 6.40. The van der Waals surface area contributed by atoms with Crippen molar-refractivity contribution >= 4 is 46.0 Å². The fourth-order valence-electron chi connectivity index (χ4n) is 3.95. The minimum atomic E-state index is -0.819. The summed E-state index contributed by atoms with van der Waals surface area (Å²) >= 11 is 1.87. The second kappa shape index (κ2) is 9.23. The van der Waals surface area contributed by atoms with Crippen LogP contribution in [0.4, 0.5) is 16.0 Å². The van der Waals surface area contributed by atoms with Gasteiger partial charge >= 0.3 is 0 Å². The van der Waals surface area contributed by atoms with Crippen molar-refractivity contribution in [3.8, 4) is 0 Å².